The van der Waals surface area contributed by atoms with Gasteiger partial charge in [-0.1, -0.05) is 70.2 Å². The fraction of sp³-hybridized carbons (Fsp3) is 0.349. The van der Waals surface area contributed by atoms with Gasteiger partial charge in [-0.05, 0) is 59.4 Å². The Morgan fingerprint density at radius 3 is 1.35 bits per heavy atom. The lowest BCUT2D eigenvalue weighted by molar-refractivity contribution is -0.671. The van der Waals surface area contributed by atoms with Gasteiger partial charge in [-0.25, -0.2) is 9.13 Å². The minimum Gasteiger partial charge on any atom is -0.375 e. The minimum absolute atomic E-state index is 0.118. The van der Waals surface area contributed by atoms with E-state index < -0.39 is 11.4 Å². The Morgan fingerprint density at radius 2 is 0.945 bits per heavy atom. The van der Waals surface area contributed by atoms with Crippen molar-refractivity contribution in [3.63, 3.8) is 0 Å². The van der Waals surface area contributed by atoms with Gasteiger partial charge in [0, 0.05) is 95.8 Å². The number of carbonyl (C=O) groups excluding carboxylic acids is 2. The number of aryl methyl sites for hydroxylation is 2. The van der Waals surface area contributed by atoms with Crippen LogP contribution in [0, 0.1) is 0 Å². The number of carbonyl (C=O) groups is 2. The molecule has 292 valence electrons. The highest BCUT2D eigenvalue weighted by atomic mass is 33.1. The van der Waals surface area contributed by atoms with Crippen molar-refractivity contribution < 1.29 is 18.7 Å². The molecule has 4 aromatic rings. The van der Waals surface area contributed by atoms with Crippen LogP contribution in [0.4, 0.5) is 11.4 Å². The lowest BCUT2D eigenvalue weighted by atomic mass is 10.1. The number of nitrogens with zero attached hydrogens (tertiary/aromatic N) is 6. The first-order chi connectivity index (χ1) is 26.4. The highest BCUT2D eigenvalue weighted by Gasteiger charge is 2.22. The molecule has 2 unspecified atom stereocenters. The van der Waals surface area contributed by atoms with E-state index in [2.05, 4.69) is 121 Å². The highest BCUT2D eigenvalue weighted by Crippen LogP contribution is 2.26. The van der Waals surface area contributed by atoms with Crippen LogP contribution in [0.15, 0.2) is 97.6 Å². The van der Waals surface area contributed by atoms with E-state index >= 15 is 0 Å². The lowest BCUT2D eigenvalue weighted by Crippen LogP contribution is -2.44. The molecule has 0 saturated carbocycles. The Balaban J connectivity index is 1.08. The molecule has 0 spiro atoms. The summed E-state index contributed by atoms with van der Waals surface area (Å²) in [6, 6.07) is 24.6. The molecule has 55 heavy (non-hydrogen) atoms. The zero-order chi connectivity index (χ0) is 39.7. The third-order valence-electron chi connectivity index (χ3n) is 9.32. The predicted octanol–water partition coefficient (Wildman–Crippen LogP) is 4.94. The standard InChI is InChI=1S/C43H58N8O2S2/c1-46-29-21-36(22-30-46)11-9-34-13-17-38(18-14-34)48(3)25-7-27-50(5)42(52)40(44)33-54-55-41(45)43(53)51(6)28-8-26-49(4)39-19-15-35(16-20-39)10-12-37-23-31-47(2)32-24-37/h9-24,29-32,40-41H,7-8,25-28,33,44-45H2,1-6H3/q+2. The molecule has 2 aromatic carbocycles. The monoisotopic (exact) mass is 782 g/mol. The van der Waals surface area contributed by atoms with E-state index in [1.807, 2.05) is 48.0 Å². The Morgan fingerprint density at radius 1 is 0.582 bits per heavy atom. The predicted molar refractivity (Wildman–Crippen MR) is 233 cm³/mol. The van der Waals surface area contributed by atoms with Crippen molar-refractivity contribution >= 4 is 69.1 Å². The van der Waals surface area contributed by atoms with Crippen molar-refractivity contribution in [2.45, 2.75) is 24.3 Å². The molecule has 2 amide bonds. The minimum atomic E-state index is -0.736. The van der Waals surface area contributed by atoms with E-state index in [-0.39, 0.29) is 11.8 Å². The number of benzene rings is 2. The maximum absolute atomic E-state index is 13.0. The highest BCUT2D eigenvalue weighted by molar-refractivity contribution is 8.77. The molecule has 2 atom stereocenters. The van der Waals surface area contributed by atoms with E-state index in [1.54, 1.807) is 23.9 Å². The van der Waals surface area contributed by atoms with Gasteiger partial charge < -0.3 is 31.1 Å². The summed E-state index contributed by atoms with van der Waals surface area (Å²) in [4.78, 5) is 33.6. The van der Waals surface area contributed by atoms with Crippen molar-refractivity contribution in [1.29, 1.82) is 0 Å². The average molecular weight is 783 g/mol. The van der Waals surface area contributed by atoms with Crippen molar-refractivity contribution in [3.05, 3.63) is 120 Å². The number of rotatable bonds is 20. The number of nitrogens with two attached hydrogens (primary N) is 2. The van der Waals surface area contributed by atoms with Gasteiger partial charge in [0.05, 0.1) is 6.04 Å². The summed E-state index contributed by atoms with van der Waals surface area (Å²) in [7, 11) is 14.3. The number of pyridine rings is 2. The van der Waals surface area contributed by atoms with Gasteiger partial charge in [-0.3, -0.25) is 9.59 Å². The number of likely N-dealkylation sites (N-methyl/N-ethyl adjacent to an activating group) is 2. The fourth-order valence-corrected chi connectivity index (χ4v) is 7.82. The van der Waals surface area contributed by atoms with Crippen LogP contribution in [-0.4, -0.2) is 93.2 Å². The van der Waals surface area contributed by atoms with Gasteiger partial charge in [0.1, 0.15) is 19.5 Å². The third-order valence-corrected chi connectivity index (χ3v) is 11.8. The molecule has 0 aliphatic carbocycles. The van der Waals surface area contributed by atoms with Crippen LogP contribution >= 0.6 is 21.6 Å². The fourth-order valence-electron chi connectivity index (χ4n) is 5.68. The van der Waals surface area contributed by atoms with Gasteiger partial charge in [-0.2, -0.15) is 0 Å². The maximum atomic E-state index is 13.0. The topological polar surface area (TPSA) is 107 Å². The van der Waals surface area contributed by atoms with E-state index in [1.165, 1.54) is 21.6 Å². The van der Waals surface area contributed by atoms with Crippen molar-refractivity contribution in [1.82, 2.24) is 9.80 Å². The van der Waals surface area contributed by atoms with Crippen LogP contribution < -0.4 is 30.4 Å². The van der Waals surface area contributed by atoms with E-state index in [0.29, 0.717) is 18.8 Å². The Bertz CT molecular complexity index is 1700. The summed E-state index contributed by atoms with van der Waals surface area (Å²) in [5.74, 6) is 0.108. The second-order valence-electron chi connectivity index (χ2n) is 13.9. The summed E-state index contributed by atoms with van der Waals surface area (Å²) < 4.78 is 4.03. The smallest absolute Gasteiger partial charge is 0.250 e. The number of hydrogen-bond acceptors (Lipinski definition) is 8. The van der Waals surface area contributed by atoms with Crippen LogP contribution in [0.25, 0.3) is 24.3 Å². The molecule has 4 N–H and O–H groups in total. The van der Waals surface area contributed by atoms with Gasteiger partial charge in [0.25, 0.3) is 0 Å². The Kier molecular flexibility index (Phi) is 17.3. The molecular formula is C43H58N8O2S2+2. The van der Waals surface area contributed by atoms with E-state index in [9.17, 15) is 9.59 Å². The normalized spacial score (nSPS) is 12.5. The molecular weight excluding hydrogens is 725 g/mol. The Hall–Kier alpha value is -4.62. The first-order valence-electron chi connectivity index (χ1n) is 18.6. The summed E-state index contributed by atoms with van der Waals surface area (Å²) in [5, 5.41) is -0.736. The average Bonchev–Trinajstić information content (AvgIpc) is 3.19. The summed E-state index contributed by atoms with van der Waals surface area (Å²) >= 11 is 0. The molecule has 0 aliphatic heterocycles. The number of aromatic nitrogens is 2. The summed E-state index contributed by atoms with van der Waals surface area (Å²) in [6.45, 7) is 2.78. The van der Waals surface area contributed by atoms with Crippen LogP contribution in [0.1, 0.15) is 35.1 Å². The van der Waals surface area contributed by atoms with E-state index in [4.69, 9.17) is 11.5 Å². The summed E-state index contributed by atoms with van der Waals surface area (Å²) in [6.07, 6.45) is 18.2. The summed E-state index contributed by atoms with van der Waals surface area (Å²) in [5.41, 5.74) is 19.3. The molecule has 10 nitrogen and oxygen atoms in total. The van der Waals surface area contributed by atoms with Gasteiger partial charge >= 0.3 is 0 Å². The lowest BCUT2D eigenvalue weighted by Gasteiger charge is -2.25. The van der Waals surface area contributed by atoms with E-state index in [0.717, 1.165) is 59.6 Å². The maximum Gasteiger partial charge on any atom is 0.250 e. The second-order valence-corrected chi connectivity index (χ2v) is 16.5. The molecule has 4 rings (SSSR count). The molecule has 0 saturated heterocycles. The Labute approximate surface area is 335 Å². The van der Waals surface area contributed by atoms with Crippen LogP contribution in [0.5, 0.6) is 0 Å². The van der Waals surface area contributed by atoms with Gasteiger partial charge in [0.15, 0.2) is 24.8 Å². The zero-order valence-corrected chi connectivity index (χ0v) is 34.8. The quantitative estimate of drug-likeness (QED) is 0.0739. The molecule has 0 radical (unpaired) electrons. The van der Waals surface area contributed by atoms with Crippen LogP contribution in [-0.2, 0) is 23.7 Å². The van der Waals surface area contributed by atoms with Crippen LogP contribution in [0.2, 0.25) is 0 Å². The van der Waals surface area contributed by atoms with Gasteiger partial charge in [-0.15, -0.1) is 0 Å². The van der Waals surface area contributed by atoms with Crippen molar-refractivity contribution in [2.24, 2.45) is 25.6 Å². The first kappa shape index (κ1) is 43.1. The SMILES string of the molecule is CN(CCCN(C)c1ccc(C=Cc2cc[n+](C)cc2)cc1)C(=O)C(N)CSSC(N)C(=O)N(C)CCCN(C)c1ccc(C=Cc2cc[n+](C)cc2)cc1. The number of amides is 2. The van der Waals surface area contributed by atoms with Crippen molar-refractivity contribution in [2.75, 3.05) is 69.9 Å². The third kappa shape index (κ3) is 14.5. The molecule has 2 heterocycles. The number of anilines is 2. The number of hydrogen-bond donors (Lipinski definition) is 2. The molecule has 0 aliphatic rings. The second kappa shape index (κ2) is 22.1. The van der Waals surface area contributed by atoms with Crippen molar-refractivity contribution in [3.8, 4) is 0 Å². The largest absolute Gasteiger partial charge is 0.375 e. The molecule has 12 heteroatoms. The zero-order valence-electron chi connectivity index (χ0n) is 33.1. The molecule has 2 aromatic heterocycles. The van der Waals surface area contributed by atoms with Crippen LogP contribution in [0.3, 0.4) is 0 Å². The first-order valence-corrected chi connectivity index (χ1v) is 21.0. The van der Waals surface area contributed by atoms with Gasteiger partial charge in [0.2, 0.25) is 11.8 Å². The molecule has 0 bridgehead atoms. The molecule has 0 fully saturated rings.